The summed E-state index contributed by atoms with van der Waals surface area (Å²) >= 11 is 1.65. The number of hydrogen-bond acceptors (Lipinski definition) is 3. The maximum atomic E-state index is 11.9. The number of aryl methyl sites for hydroxylation is 1. The summed E-state index contributed by atoms with van der Waals surface area (Å²) in [5.41, 5.74) is 0.763. The lowest BCUT2D eigenvalue weighted by Gasteiger charge is -2.08. The van der Waals surface area contributed by atoms with E-state index in [-0.39, 0.29) is 0 Å². The molecular formula is C12H17NO2S2. The van der Waals surface area contributed by atoms with Gasteiger partial charge in [0.1, 0.15) is 0 Å². The molecule has 0 saturated carbocycles. The molecule has 0 bridgehead atoms. The van der Waals surface area contributed by atoms with Gasteiger partial charge in [-0.2, -0.15) is 11.8 Å². The minimum absolute atomic E-state index is 0.355. The Bertz CT molecular complexity index is 469. The molecule has 0 heterocycles. The summed E-state index contributed by atoms with van der Waals surface area (Å²) in [6.45, 7) is 5.84. The number of sulfonamides is 1. The zero-order valence-electron chi connectivity index (χ0n) is 9.85. The molecule has 1 aromatic rings. The fraction of sp³-hybridized carbons (Fsp3) is 0.333. The predicted octanol–water partition coefficient (Wildman–Crippen LogP) is 2.19. The molecular weight excluding hydrogens is 254 g/mol. The van der Waals surface area contributed by atoms with E-state index in [9.17, 15) is 8.42 Å². The standard InChI is InChI=1S/C12H17NO2S2/c1-3-9-16-10-8-13-17(14,15)12-7-5-4-6-11(12)2/h3-7,13H,1,8-10H2,2H3. The van der Waals surface area contributed by atoms with Crippen LogP contribution in [0.1, 0.15) is 5.56 Å². The highest BCUT2D eigenvalue weighted by Crippen LogP contribution is 2.13. The van der Waals surface area contributed by atoms with Crippen molar-refractivity contribution in [1.29, 1.82) is 0 Å². The Morgan fingerprint density at radius 2 is 2.12 bits per heavy atom. The van der Waals surface area contributed by atoms with Crippen molar-refractivity contribution in [2.75, 3.05) is 18.1 Å². The number of nitrogens with one attached hydrogen (secondary N) is 1. The lowest BCUT2D eigenvalue weighted by Crippen LogP contribution is -2.26. The van der Waals surface area contributed by atoms with Crippen molar-refractivity contribution < 1.29 is 8.42 Å². The highest BCUT2D eigenvalue weighted by atomic mass is 32.2. The van der Waals surface area contributed by atoms with Crippen molar-refractivity contribution in [2.45, 2.75) is 11.8 Å². The van der Waals surface area contributed by atoms with Gasteiger partial charge in [0.2, 0.25) is 10.0 Å². The van der Waals surface area contributed by atoms with Gasteiger partial charge in [-0.1, -0.05) is 24.3 Å². The van der Waals surface area contributed by atoms with Crippen molar-refractivity contribution in [3.63, 3.8) is 0 Å². The van der Waals surface area contributed by atoms with E-state index in [1.165, 1.54) is 0 Å². The largest absolute Gasteiger partial charge is 0.240 e. The molecule has 1 aromatic carbocycles. The van der Waals surface area contributed by atoms with Crippen LogP contribution in [-0.2, 0) is 10.0 Å². The Morgan fingerprint density at radius 3 is 2.76 bits per heavy atom. The van der Waals surface area contributed by atoms with Crippen molar-refractivity contribution >= 4 is 21.8 Å². The van der Waals surface area contributed by atoms with E-state index < -0.39 is 10.0 Å². The first-order valence-corrected chi connectivity index (χ1v) is 7.95. The Morgan fingerprint density at radius 1 is 1.41 bits per heavy atom. The third-order valence-corrected chi connectivity index (χ3v) is 4.74. The summed E-state index contributed by atoms with van der Waals surface area (Å²) in [4.78, 5) is 0.355. The predicted molar refractivity (Wildman–Crippen MR) is 73.9 cm³/mol. The van der Waals surface area contributed by atoms with Crippen LogP contribution in [0.15, 0.2) is 41.8 Å². The van der Waals surface area contributed by atoms with Crippen LogP contribution < -0.4 is 4.72 Å². The summed E-state index contributed by atoms with van der Waals surface area (Å²) < 4.78 is 26.5. The molecule has 0 aromatic heterocycles. The second-order valence-electron chi connectivity index (χ2n) is 3.53. The average Bonchev–Trinajstić information content (AvgIpc) is 2.29. The summed E-state index contributed by atoms with van der Waals surface area (Å²) in [5.74, 6) is 1.59. The minimum atomic E-state index is -3.37. The van der Waals surface area contributed by atoms with Crippen molar-refractivity contribution in [3.8, 4) is 0 Å². The van der Waals surface area contributed by atoms with Gasteiger partial charge in [0.25, 0.3) is 0 Å². The van der Waals surface area contributed by atoms with Crippen LogP contribution in [-0.4, -0.2) is 26.5 Å². The minimum Gasteiger partial charge on any atom is -0.210 e. The van der Waals surface area contributed by atoms with Crippen LogP contribution in [0.3, 0.4) is 0 Å². The van der Waals surface area contributed by atoms with E-state index in [0.29, 0.717) is 11.4 Å². The molecule has 3 nitrogen and oxygen atoms in total. The zero-order chi connectivity index (χ0) is 12.7. The molecule has 17 heavy (non-hydrogen) atoms. The molecule has 0 spiro atoms. The average molecular weight is 271 g/mol. The molecule has 0 aliphatic carbocycles. The van der Waals surface area contributed by atoms with Crippen LogP contribution >= 0.6 is 11.8 Å². The molecule has 0 aliphatic heterocycles. The van der Waals surface area contributed by atoms with E-state index in [2.05, 4.69) is 11.3 Å². The number of hydrogen-bond donors (Lipinski definition) is 1. The smallest absolute Gasteiger partial charge is 0.210 e. The van der Waals surface area contributed by atoms with Crippen LogP contribution in [0.2, 0.25) is 0 Å². The second-order valence-corrected chi connectivity index (χ2v) is 6.41. The van der Waals surface area contributed by atoms with Gasteiger partial charge in [-0.15, -0.1) is 6.58 Å². The lowest BCUT2D eigenvalue weighted by atomic mass is 10.2. The van der Waals surface area contributed by atoms with Crippen LogP contribution in [0.5, 0.6) is 0 Å². The van der Waals surface area contributed by atoms with Gasteiger partial charge in [-0.3, -0.25) is 0 Å². The molecule has 1 N–H and O–H groups in total. The molecule has 94 valence electrons. The van der Waals surface area contributed by atoms with Gasteiger partial charge in [-0.25, -0.2) is 13.1 Å². The summed E-state index contributed by atoms with van der Waals surface area (Å²) in [6, 6.07) is 6.97. The van der Waals surface area contributed by atoms with Gasteiger partial charge in [0, 0.05) is 18.1 Å². The van der Waals surface area contributed by atoms with E-state index >= 15 is 0 Å². The fourth-order valence-corrected chi connectivity index (χ4v) is 3.34. The van der Waals surface area contributed by atoms with E-state index in [1.54, 1.807) is 43.0 Å². The Hall–Kier alpha value is -0.780. The normalized spacial score (nSPS) is 11.4. The van der Waals surface area contributed by atoms with E-state index in [0.717, 1.165) is 17.1 Å². The van der Waals surface area contributed by atoms with Crippen LogP contribution in [0.25, 0.3) is 0 Å². The molecule has 0 radical (unpaired) electrons. The summed E-state index contributed by atoms with van der Waals surface area (Å²) in [5, 5.41) is 0. The Kier molecular flexibility index (Phi) is 5.74. The van der Waals surface area contributed by atoms with Crippen LogP contribution in [0, 0.1) is 6.92 Å². The highest BCUT2D eigenvalue weighted by Gasteiger charge is 2.14. The van der Waals surface area contributed by atoms with Gasteiger partial charge < -0.3 is 0 Å². The van der Waals surface area contributed by atoms with Gasteiger partial charge in [-0.05, 0) is 18.6 Å². The third-order valence-electron chi connectivity index (χ3n) is 2.16. The van der Waals surface area contributed by atoms with Gasteiger partial charge in [0.15, 0.2) is 0 Å². The maximum Gasteiger partial charge on any atom is 0.240 e. The third kappa shape index (κ3) is 4.53. The number of rotatable bonds is 7. The topological polar surface area (TPSA) is 46.2 Å². The molecule has 0 unspecified atom stereocenters. The maximum absolute atomic E-state index is 11.9. The monoisotopic (exact) mass is 271 g/mol. The number of benzene rings is 1. The Labute approximate surface area is 107 Å². The molecule has 0 fully saturated rings. The molecule has 0 aliphatic rings. The van der Waals surface area contributed by atoms with E-state index in [4.69, 9.17) is 0 Å². The molecule has 0 atom stereocenters. The van der Waals surface area contributed by atoms with Crippen molar-refractivity contribution in [2.24, 2.45) is 0 Å². The summed E-state index contributed by atoms with van der Waals surface area (Å²) in [7, 11) is -3.37. The van der Waals surface area contributed by atoms with Crippen LogP contribution in [0.4, 0.5) is 0 Å². The van der Waals surface area contributed by atoms with Crippen molar-refractivity contribution in [3.05, 3.63) is 42.5 Å². The first-order chi connectivity index (χ1) is 8.08. The number of thioether (sulfide) groups is 1. The van der Waals surface area contributed by atoms with Crippen molar-refractivity contribution in [1.82, 2.24) is 4.72 Å². The van der Waals surface area contributed by atoms with Gasteiger partial charge in [0.05, 0.1) is 4.90 Å². The lowest BCUT2D eigenvalue weighted by molar-refractivity contribution is 0.583. The first-order valence-electron chi connectivity index (χ1n) is 5.32. The van der Waals surface area contributed by atoms with Gasteiger partial charge >= 0.3 is 0 Å². The second kappa shape index (κ2) is 6.83. The molecule has 0 amide bonds. The molecule has 0 saturated heterocycles. The fourth-order valence-electron chi connectivity index (χ4n) is 1.35. The molecule has 5 heteroatoms. The van der Waals surface area contributed by atoms with E-state index in [1.807, 2.05) is 6.07 Å². The highest BCUT2D eigenvalue weighted by molar-refractivity contribution is 7.99. The first kappa shape index (κ1) is 14.3. The zero-order valence-corrected chi connectivity index (χ0v) is 11.5. The molecule has 1 rings (SSSR count). The summed E-state index contributed by atoms with van der Waals surface area (Å²) in [6.07, 6.45) is 1.81. The quantitative estimate of drug-likeness (QED) is 0.611. The SMILES string of the molecule is C=CCSCCNS(=O)(=O)c1ccccc1C. The Balaban J connectivity index is 2.58.